The molecular weight excluding hydrogens is 429 g/mol. The van der Waals surface area contributed by atoms with Crippen LogP contribution in [0.2, 0.25) is 0 Å². The number of hydrogen-bond donors (Lipinski definition) is 0. The molecule has 0 unspecified atom stereocenters. The Labute approximate surface area is 181 Å². The van der Waals surface area contributed by atoms with Crippen LogP contribution in [-0.4, -0.2) is 50.9 Å². The first-order chi connectivity index (χ1) is 14.5. The Kier molecular flexibility index (Phi) is 6.98. The number of methoxy groups -OCH3 is 1. The zero-order chi connectivity index (χ0) is 22.8. The third kappa shape index (κ3) is 5.39. The van der Waals surface area contributed by atoms with Gasteiger partial charge in [0.15, 0.2) is 0 Å². The van der Waals surface area contributed by atoms with Crippen molar-refractivity contribution in [2.45, 2.75) is 43.4 Å². The van der Waals surface area contributed by atoms with Crippen LogP contribution in [0.3, 0.4) is 0 Å². The van der Waals surface area contributed by atoms with Crippen molar-refractivity contribution in [1.82, 2.24) is 9.21 Å². The van der Waals surface area contributed by atoms with E-state index in [0.29, 0.717) is 49.4 Å². The lowest BCUT2D eigenvalue weighted by Crippen LogP contribution is -2.45. The number of ether oxygens (including phenoxy) is 1. The zero-order valence-corrected chi connectivity index (χ0v) is 18.6. The third-order valence-electron chi connectivity index (χ3n) is 5.73. The Morgan fingerprint density at radius 3 is 2.39 bits per heavy atom. The molecule has 0 amide bonds. The second-order valence-electron chi connectivity index (χ2n) is 7.88. The van der Waals surface area contributed by atoms with Gasteiger partial charge in [0.25, 0.3) is 0 Å². The van der Waals surface area contributed by atoms with Crippen molar-refractivity contribution >= 4 is 10.0 Å². The Hall–Kier alpha value is -2.10. The Morgan fingerprint density at radius 2 is 1.81 bits per heavy atom. The summed E-state index contributed by atoms with van der Waals surface area (Å²) in [6, 6.07) is 10.3. The van der Waals surface area contributed by atoms with E-state index in [1.165, 1.54) is 23.5 Å². The average molecular weight is 457 g/mol. The van der Waals surface area contributed by atoms with E-state index >= 15 is 0 Å². The number of sulfonamides is 1. The van der Waals surface area contributed by atoms with E-state index in [4.69, 9.17) is 4.74 Å². The van der Waals surface area contributed by atoms with Crippen LogP contribution in [0.1, 0.15) is 29.5 Å². The van der Waals surface area contributed by atoms with Crippen LogP contribution in [0, 0.1) is 6.92 Å². The number of halogens is 3. The molecule has 9 heteroatoms. The van der Waals surface area contributed by atoms with Gasteiger partial charge in [0.1, 0.15) is 5.75 Å². The summed E-state index contributed by atoms with van der Waals surface area (Å²) in [6.45, 7) is 2.85. The fourth-order valence-electron chi connectivity index (χ4n) is 3.96. The van der Waals surface area contributed by atoms with E-state index in [1.54, 1.807) is 31.2 Å². The van der Waals surface area contributed by atoms with Gasteiger partial charge in [-0.05, 0) is 62.2 Å². The lowest BCUT2D eigenvalue weighted by molar-refractivity contribution is -0.137. The summed E-state index contributed by atoms with van der Waals surface area (Å²) in [6.07, 6.45) is -3.14. The predicted molar refractivity (Wildman–Crippen MR) is 112 cm³/mol. The number of aryl methyl sites for hydroxylation is 1. The fraction of sp³-hybridized carbons (Fsp3) is 0.455. The molecule has 1 heterocycles. The van der Waals surface area contributed by atoms with E-state index in [1.807, 2.05) is 11.9 Å². The van der Waals surface area contributed by atoms with Crippen LogP contribution in [0.5, 0.6) is 5.75 Å². The van der Waals surface area contributed by atoms with Gasteiger partial charge in [0.2, 0.25) is 10.0 Å². The minimum atomic E-state index is -4.37. The summed E-state index contributed by atoms with van der Waals surface area (Å²) >= 11 is 0. The highest BCUT2D eigenvalue weighted by Gasteiger charge is 2.33. The molecule has 0 saturated carbocycles. The van der Waals surface area contributed by atoms with Crippen LogP contribution < -0.4 is 4.74 Å². The zero-order valence-electron chi connectivity index (χ0n) is 17.8. The van der Waals surface area contributed by atoms with Crippen molar-refractivity contribution in [3.05, 3.63) is 59.2 Å². The van der Waals surface area contributed by atoms with Gasteiger partial charge < -0.3 is 4.74 Å². The highest BCUT2D eigenvalue weighted by atomic mass is 32.2. The van der Waals surface area contributed by atoms with Gasteiger partial charge in [-0.2, -0.15) is 17.5 Å². The van der Waals surface area contributed by atoms with Crippen molar-refractivity contribution in [2.24, 2.45) is 0 Å². The monoisotopic (exact) mass is 456 g/mol. The molecule has 0 aromatic heterocycles. The number of hydrogen-bond acceptors (Lipinski definition) is 4. The number of alkyl halides is 3. The normalized spacial score (nSPS) is 16.6. The highest BCUT2D eigenvalue weighted by Crippen LogP contribution is 2.31. The first kappa shape index (κ1) is 23.6. The van der Waals surface area contributed by atoms with Gasteiger partial charge in [0.05, 0.1) is 17.6 Å². The van der Waals surface area contributed by atoms with Gasteiger partial charge in [-0.25, -0.2) is 8.42 Å². The van der Waals surface area contributed by atoms with E-state index in [2.05, 4.69) is 0 Å². The molecule has 1 aliphatic rings. The minimum absolute atomic E-state index is 0.0953. The largest absolute Gasteiger partial charge is 0.497 e. The number of rotatable bonds is 6. The molecule has 2 aromatic rings. The number of benzene rings is 2. The lowest BCUT2D eigenvalue weighted by atomic mass is 10.0. The second-order valence-corrected chi connectivity index (χ2v) is 9.79. The second kappa shape index (κ2) is 9.18. The minimum Gasteiger partial charge on any atom is -0.497 e. The first-order valence-electron chi connectivity index (χ1n) is 10.0. The van der Waals surface area contributed by atoms with Crippen molar-refractivity contribution in [2.75, 3.05) is 27.2 Å². The van der Waals surface area contributed by atoms with Gasteiger partial charge in [-0.15, -0.1) is 0 Å². The van der Waals surface area contributed by atoms with Gasteiger partial charge in [-0.1, -0.05) is 18.2 Å². The van der Waals surface area contributed by atoms with Crippen LogP contribution >= 0.6 is 0 Å². The molecule has 170 valence electrons. The molecule has 5 nitrogen and oxygen atoms in total. The molecule has 0 aliphatic carbocycles. The van der Waals surface area contributed by atoms with Crippen LogP contribution in [-0.2, 0) is 22.7 Å². The van der Waals surface area contributed by atoms with E-state index in [0.717, 1.165) is 6.07 Å². The molecule has 0 radical (unpaired) electrons. The smallest absolute Gasteiger partial charge is 0.416 e. The average Bonchev–Trinajstić information content (AvgIpc) is 2.73. The Bertz CT molecular complexity index is 1020. The summed E-state index contributed by atoms with van der Waals surface area (Å²) in [4.78, 5) is 2.27. The maximum absolute atomic E-state index is 13.1. The first-order valence-corrected chi connectivity index (χ1v) is 11.5. The molecule has 0 N–H and O–H groups in total. The van der Waals surface area contributed by atoms with Crippen LogP contribution in [0.4, 0.5) is 13.2 Å². The maximum atomic E-state index is 13.1. The molecule has 2 aromatic carbocycles. The molecule has 1 saturated heterocycles. The molecule has 31 heavy (non-hydrogen) atoms. The van der Waals surface area contributed by atoms with Gasteiger partial charge in [-0.3, -0.25) is 4.90 Å². The summed E-state index contributed by atoms with van der Waals surface area (Å²) in [5, 5.41) is 0. The quantitative estimate of drug-likeness (QED) is 0.650. The summed E-state index contributed by atoms with van der Waals surface area (Å²) in [5.74, 6) is 0.603. The predicted octanol–water partition coefficient (Wildman–Crippen LogP) is 4.31. The van der Waals surface area contributed by atoms with Crippen molar-refractivity contribution in [3.63, 3.8) is 0 Å². The van der Waals surface area contributed by atoms with Crippen molar-refractivity contribution in [1.29, 1.82) is 0 Å². The molecule has 0 atom stereocenters. The van der Waals surface area contributed by atoms with Crippen molar-refractivity contribution in [3.8, 4) is 5.75 Å². The molecule has 1 aliphatic heterocycles. The number of nitrogens with zero attached hydrogens (tertiary/aromatic N) is 2. The topological polar surface area (TPSA) is 49.9 Å². The van der Waals surface area contributed by atoms with E-state index in [9.17, 15) is 21.6 Å². The van der Waals surface area contributed by atoms with E-state index < -0.39 is 21.8 Å². The van der Waals surface area contributed by atoms with Gasteiger partial charge in [0, 0.05) is 25.7 Å². The molecular formula is C22H27F3N2O3S. The van der Waals surface area contributed by atoms with Crippen LogP contribution in [0.15, 0.2) is 47.4 Å². The van der Waals surface area contributed by atoms with Gasteiger partial charge >= 0.3 is 6.18 Å². The van der Waals surface area contributed by atoms with E-state index in [-0.39, 0.29) is 10.9 Å². The molecule has 0 bridgehead atoms. The summed E-state index contributed by atoms with van der Waals surface area (Å²) < 4.78 is 71.6. The Balaban J connectivity index is 1.64. The fourth-order valence-corrected chi connectivity index (χ4v) is 5.64. The third-order valence-corrected chi connectivity index (χ3v) is 7.79. The lowest BCUT2D eigenvalue weighted by Gasteiger charge is -2.36. The molecule has 0 spiro atoms. The summed E-state index contributed by atoms with van der Waals surface area (Å²) in [7, 11) is -0.218. The highest BCUT2D eigenvalue weighted by molar-refractivity contribution is 7.89. The molecule has 3 rings (SSSR count). The number of piperidine rings is 1. The standard InChI is InChI=1S/C22H27F3N2O3S/c1-16-13-20(30-3)7-8-21(16)31(28,29)27-11-9-19(10-12-27)26(2)15-17-5-4-6-18(14-17)22(23,24)25/h4-8,13-14,19H,9-12,15H2,1-3H3. The summed E-state index contributed by atoms with van der Waals surface area (Å²) in [5.41, 5.74) is 0.554. The Morgan fingerprint density at radius 1 is 1.13 bits per heavy atom. The van der Waals surface area contributed by atoms with Crippen molar-refractivity contribution < 1.29 is 26.3 Å². The molecule has 1 fully saturated rings. The van der Waals surface area contributed by atoms with Crippen LogP contribution in [0.25, 0.3) is 0 Å². The SMILES string of the molecule is COc1ccc(S(=O)(=O)N2CCC(N(C)Cc3cccc(C(F)(F)F)c3)CC2)c(C)c1. The maximum Gasteiger partial charge on any atom is 0.416 e.